The van der Waals surface area contributed by atoms with E-state index in [4.69, 9.17) is 9.47 Å². The molecule has 0 unspecified atom stereocenters. The smallest absolute Gasteiger partial charge is 0.341 e. The molecule has 0 spiro atoms. The molecule has 2 aromatic heterocycles. The lowest BCUT2D eigenvalue weighted by Gasteiger charge is -2.09. The van der Waals surface area contributed by atoms with Crippen LogP contribution in [0.15, 0.2) is 72.4 Å². The summed E-state index contributed by atoms with van der Waals surface area (Å²) in [7, 11) is 2.94. The van der Waals surface area contributed by atoms with E-state index >= 15 is 0 Å². The van der Waals surface area contributed by atoms with E-state index < -0.39 is 5.97 Å². The van der Waals surface area contributed by atoms with E-state index in [0.717, 1.165) is 21.6 Å². The van der Waals surface area contributed by atoms with E-state index in [1.807, 2.05) is 66.1 Å². The Balaban J connectivity index is 1.55. The zero-order valence-electron chi connectivity index (χ0n) is 20.7. The fourth-order valence-electron chi connectivity index (χ4n) is 3.84. The third kappa shape index (κ3) is 5.76. The number of nitrogens with one attached hydrogen (secondary N) is 1. The van der Waals surface area contributed by atoms with Crippen molar-refractivity contribution in [3.8, 4) is 28.3 Å². The highest BCUT2D eigenvalue weighted by Gasteiger charge is 2.25. The number of ether oxygens (including phenoxy) is 2. The molecule has 0 fully saturated rings. The number of carbonyl (C=O) groups is 2. The van der Waals surface area contributed by atoms with Crippen molar-refractivity contribution >= 4 is 40.0 Å². The number of methoxy groups -OCH3 is 2. The summed E-state index contributed by atoms with van der Waals surface area (Å²) in [6.07, 6.45) is 1.75. The van der Waals surface area contributed by atoms with Gasteiger partial charge in [0.15, 0.2) is 11.0 Å². The largest absolute Gasteiger partial charge is 0.497 e. The number of thioether (sulfide) groups is 1. The van der Waals surface area contributed by atoms with Crippen molar-refractivity contribution in [2.24, 2.45) is 0 Å². The molecule has 0 atom stereocenters. The van der Waals surface area contributed by atoms with Crippen LogP contribution in [0.1, 0.15) is 15.2 Å². The molecule has 2 aromatic carbocycles. The predicted molar refractivity (Wildman–Crippen MR) is 147 cm³/mol. The molecular weight excluding hydrogens is 508 g/mol. The summed E-state index contributed by atoms with van der Waals surface area (Å²) in [5.41, 5.74) is 2.84. The summed E-state index contributed by atoms with van der Waals surface area (Å²) < 4.78 is 12.3. The predicted octanol–water partition coefficient (Wildman–Crippen LogP) is 5.69. The lowest BCUT2D eigenvalue weighted by atomic mass is 10.0. The molecule has 0 bridgehead atoms. The molecular formula is C27H26N4O4S2. The van der Waals surface area contributed by atoms with Crippen LogP contribution in [0.4, 0.5) is 5.00 Å². The zero-order valence-corrected chi connectivity index (χ0v) is 22.3. The lowest BCUT2D eigenvalue weighted by molar-refractivity contribution is -0.113. The highest BCUT2D eigenvalue weighted by molar-refractivity contribution is 7.99. The number of thiophene rings is 1. The second-order valence-corrected chi connectivity index (χ2v) is 10.0. The van der Waals surface area contributed by atoms with Gasteiger partial charge in [-0.25, -0.2) is 4.79 Å². The van der Waals surface area contributed by atoms with Gasteiger partial charge in [0, 0.05) is 22.5 Å². The summed E-state index contributed by atoms with van der Waals surface area (Å²) in [6.45, 7) is 6.23. The van der Waals surface area contributed by atoms with E-state index in [2.05, 4.69) is 22.1 Å². The van der Waals surface area contributed by atoms with Crippen molar-refractivity contribution in [3.05, 3.63) is 77.7 Å². The van der Waals surface area contributed by atoms with Crippen molar-refractivity contribution in [2.75, 3.05) is 25.3 Å². The van der Waals surface area contributed by atoms with Gasteiger partial charge >= 0.3 is 5.97 Å². The molecule has 0 radical (unpaired) electrons. The molecule has 10 heteroatoms. The summed E-state index contributed by atoms with van der Waals surface area (Å²) in [5.74, 6) is 0.663. The Morgan fingerprint density at radius 2 is 1.86 bits per heavy atom. The van der Waals surface area contributed by atoms with Crippen LogP contribution in [0.25, 0.3) is 22.5 Å². The molecule has 1 N–H and O–H groups in total. The molecule has 190 valence electrons. The van der Waals surface area contributed by atoms with Crippen LogP contribution in [-0.2, 0) is 16.1 Å². The average molecular weight is 535 g/mol. The molecule has 8 nitrogen and oxygen atoms in total. The van der Waals surface area contributed by atoms with Gasteiger partial charge in [-0.05, 0) is 24.6 Å². The first-order chi connectivity index (χ1) is 18.0. The normalized spacial score (nSPS) is 10.7. The quantitative estimate of drug-likeness (QED) is 0.159. The number of benzene rings is 2. The van der Waals surface area contributed by atoms with Gasteiger partial charge in [-0.15, -0.1) is 28.1 Å². The van der Waals surface area contributed by atoms with Gasteiger partial charge in [0.1, 0.15) is 16.3 Å². The van der Waals surface area contributed by atoms with Crippen LogP contribution >= 0.6 is 23.1 Å². The number of allylic oxidation sites excluding steroid dienone is 1. The number of aromatic nitrogens is 3. The summed E-state index contributed by atoms with van der Waals surface area (Å²) in [4.78, 5) is 26.6. The SMILES string of the molecule is C=CCn1c(SCC(=O)Nc2sc(C)c(-c3ccccc3)c2C(=O)OC)nnc1-c1cccc(OC)c1. The average Bonchev–Trinajstić information content (AvgIpc) is 3.47. The molecule has 0 aliphatic rings. The number of amides is 1. The maximum absolute atomic E-state index is 13.0. The van der Waals surface area contributed by atoms with Gasteiger partial charge in [0.25, 0.3) is 0 Å². The minimum absolute atomic E-state index is 0.0750. The summed E-state index contributed by atoms with van der Waals surface area (Å²) in [6, 6.07) is 17.1. The topological polar surface area (TPSA) is 95.3 Å². The van der Waals surface area contributed by atoms with Gasteiger partial charge in [-0.3, -0.25) is 9.36 Å². The first kappa shape index (κ1) is 26.2. The monoisotopic (exact) mass is 534 g/mol. The number of esters is 1. The molecule has 0 saturated heterocycles. The van der Waals surface area contributed by atoms with E-state index in [1.54, 1.807) is 13.2 Å². The maximum Gasteiger partial charge on any atom is 0.341 e. The van der Waals surface area contributed by atoms with Crippen molar-refractivity contribution in [3.63, 3.8) is 0 Å². The number of anilines is 1. The minimum Gasteiger partial charge on any atom is -0.497 e. The van der Waals surface area contributed by atoms with Crippen molar-refractivity contribution in [2.45, 2.75) is 18.6 Å². The molecule has 1 amide bonds. The van der Waals surface area contributed by atoms with E-state index in [1.165, 1.54) is 30.2 Å². The van der Waals surface area contributed by atoms with Crippen LogP contribution < -0.4 is 10.1 Å². The molecule has 4 rings (SSSR count). The van der Waals surface area contributed by atoms with Crippen molar-refractivity contribution < 1.29 is 19.1 Å². The van der Waals surface area contributed by atoms with Gasteiger partial charge in [-0.1, -0.05) is 60.3 Å². The Hall–Kier alpha value is -3.89. The zero-order chi connectivity index (χ0) is 26.4. The molecule has 0 aliphatic carbocycles. The fourth-order valence-corrected chi connectivity index (χ4v) is 5.67. The first-order valence-electron chi connectivity index (χ1n) is 11.3. The van der Waals surface area contributed by atoms with Gasteiger partial charge in [0.2, 0.25) is 5.91 Å². The minimum atomic E-state index is -0.500. The third-order valence-corrected chi connectivity index (χ3v) is 7.47. The van der Waals surface area contributed by atoms with E-state index in [0.29, 0.717) is 33.8 Å². The molecule has 0 saturated carbocycles. The highest BCUT2D eigenvalue weighted by atomic mass is 32.2. The number of carbonyl (C=O) groups excluding carboxylic acids is 2. The van der Waals surface area contributed by atoms with Gasteiger partial charge in [-0.2, -0.15) is 0 Å². The number of nitrogens with zero attached hydrogens (tertiary/aromatic N) is 3. The maximum atomic E-state index is 13.0. The second-order valence-electron chi connectivity index (χ2n) is 7.87. The molecule has 4 aromatic rings. The van der Waals surface area contributed by atoms with E-state index in [9.17, 15) is 9.59 Å². The Kier molecular flexibility index (Phi) is 8.42. The van der Waals surface area contributed by atoms with Crippen molar-refractivity contribution in [1.82, 2.24) is 14.8 Å². The molecule has 2 heterocycles. The van der Waals surface area contributed by atoms with Gasteiger partial charge in [0.05, 0.1) is 20.0 Å². The number of hydrogen-bond donors (Lipinski definition) is 1. The summed E-state index contributed by atoms with van der Waals surface area (Å²) in [5, 5.41) is 12.6. The van der Waals surface area contributed by atoms with Gasteiger partial charge < -0.3 is 14.8 Å². The van der Waals surface area contributed by atoms with E-state index in [-0.39, 0.29) is 11.7 Å². The second kappa shape index (κ2) is 11.9. The van der Waals surface area contributed by atoms with Crippen LogP contribution in [0.2, 0.25) is 0 Å². The third-order valence-electron chi connectivity index (χ3n) is 5.48. The Bertz CT molecular complexity index is 1430. The van der Waals surface area contributed by atoms with Crippen LogP contribution in [0.3, 0.4) is 0 Å². The van der Waals surface area contributed by atoms with Crippen LogP contribution in [-0.4, -0.2) is 46.6 Å². The Morgan fingerprint density at radius 3 is 2.57 bits per heavy atom. The summed E-state index contributed by atoms with van der Waals surface area (Å²) >= 11 is 2.60. The molecule has 0 aliphatic heterocycles. The Labute approximate surface area is 223 Å². The van der Waals surface area contributed by atoms with Crippen LogP contribution in [0, 0.1) is 6.92 Å². The fraction of sp³-hybridized carbons (Fsp3) is 0.185. The Morgan fingerprint density at radius 1 is 1.11 bits per heavy atom. The number of hydrogen-bond acceptors (Lipinski definition) is 8. The van der Waals surface area contributed by atoms with Crippen molar-refractivity contribution in [1.29, 1.82) is 0 Å². The number of rotatable bonds is 10. The number of aryl methyl sites for hydroxylation is 1. The van der Waals surface area contributed by atoms with Crippen LogP contribution in [0.5, 0.6) is 5.75 Å². The first-order valence-corrected chi connectivity index (χ1v) is 13.1. The molecule has 37 heavy (non-hydrogen) atoms. The lowest BCUT2D eigenvalue weighted by Crippen LogP contribution is -2.16. The highest BCUT2D eigenvalue weighted by Crippen LogP contribution is 2.40. The standard InChI is InChI=1S/C27H26N4O4S2/c1-5-14-31-24(19-12-9-13-20(15-19)34-3)29-30-27(31)36-16-21(32)28-25-23(26(33)35-4)22(17(2)37-25)18-10-7-6-8-11-18/h5-13,15H,1,14,16H2,2-4H3,(H,28,32).